The van der Waals surface area contributed by atoms with Gasteiger partial charge < -0.3 is 99.4 Å². The van der Waals surface area contributed by atoms with E-state index in [9.17, 15) is 57.5 Å². The number of aromatic nitrogens is 18. The molecule has 0 unspecified atom stereocenters. The van der Waals surface area contributed by atoms with Crippen molar-refractivity contribution in [2.45, 2.75) is 175 Å². The molecule has 0 aliphatic rings. The number of rotatable bonds is 37. The van der Waals surface area contributed by atoms with Crippen molar-refractivity contribution in [1.29, 1.82) is 0 Å². The molecule has 1 aromatic carbocycles. The molecule has 0 bridgehead atoms. The Kier molecular flexibility index (Phi) is 62.8. The first-order chi connectivity index (χ1) is 59.7. The van der Waals surface area contributed by atoms with Crippen molar-refractivity contribution in [3.8, 4) is 5.69 Å². The molecule has 0 atom stereocenters. The fourth-order valence-electron chi connectivity index (χ4n) is 9.00. The Morgan fingerprint density at radius 2 is 0.902 bits per heavy atom. The quantitative estimate of drug-likeness (QED) is 0.0304. The summed E-state index contributed by atoms with van der Waals surface area (Å²) in [6.45, 7) is 5.64. The van der Waals surface area contributed by atoms with Crippen molar-refractivity contribution in [3.05, 3.63) is 237 Å². The second kappa shape index (κ2) is 71.5. The zero-order chi connectivity index (χ0) is 90.1. The first-order valence-electron chi connectivity index (χ1n) is 38.1. The number of oxazole rings is 3. The number of para-hydroxylation sites is 1. The van der Waals surface area contributed by atoms with Crippen molar-refractivity contribution >= 4 is 173 Å². The summed E-state index contributed by atoms with van der Waals surface area (Å²) in [5, 5.41) is 6.98. The van der Waals surface area contributed by atoms with Crippen LogP contribution in [0.3, 0.4) is 0 Å². The van der Waals surface area contributed by atoms with Gasteiger partial charge in [0.15, 0.2) is 25.7 Å². The van der Waals surface area contributed by atoms with Crippen molar-refractivity contribution in [1.82, 2.24) is 88.5 Å². The number of nitrogens with one attached hydrogen (secondary N) is 3. The molecule has 0 spiro atoms. The predicted octanol–water partition coefficient (Wildman–Crippen LogP) is 14.9. The van der Waals surface area contributed by atoms with E-state index in [1.54, 1.807) is 96.5 Å². The monoisotopic (exact) mass is 2000 g/mol. The van der Waals surface area contributed by atoms with Crippen LogP contribution in [0.2, 0.25) is 0 Å². The van der Waals surface area contributed by atoms with Crippen molar-refractivity contribution in [2.75, 3.05) is 0 Å². The summed E-state index contributed by atoms with van der Waals surface area (Å²) in [6.07, 6.45) is 48.4. The fraction of sp³-hybridized carbons (Fsp3) is 0.349. The van der Waals surface area contributed by atoms with E-state index in [1.165, 1.54) is 12.7 Å². The molecule has 0 saturated carbocycles. The molecule has 12 aromatic heterocycles. The van der Waals surface area contributed by atoms with E-state index >= 15 is 0 Å². The van der Waals surface area contributed by atoms with Crippen LogP contribution in [0.5, 0.6) is 0 Å². The molecule has 12 heterocycles. The number of carbonyl (C=O) groups is 12. The lowest BCUT2D eigenvalue weighted by atomic mass is 10.3. The zero-order valence-corrected chi connectivity index (χ0v) is 77.5. The van der Waals surface area contributed by atoms with Crippen LogP contribution in [0.1, 0.15) is 162 Å². The van der Waals surface area contributed by atoms with Crippen LogP contribution in [-0.2, 0) is 149 Å². The van der Waals surface area contributed by atoms with Crippen LogP contribution < -0.4 is 0 Å². The Balaban J connectivity index is 0.000000456. The lowest BCUT2D eigenvalue weighted by molar-refractivity contribution is -0.108. The molecule has 3 N–H and O–H groups in total. The zero-order valence-electron chi connectivity index (χ0n) is 68.7. The van der Waals surface area contributed by atoms with Crippen LogP contribution in [0.15, 0.2) is 165 Å². The van der Waals surface area contributed by atoms with Crippen LogP contribution >= 0.6 is 97.7 Å². The van der Waals surface area contributed by atoms with E-state index < -0.39 is 0 Å². The summed E-state index contributed by atoms with van der Waals surface area (Å²) in [5.41, 5.74) is 14.3. The number of halogens is 4. The topological polar surface area (TPSA) is 461 Å². The summed E-state index contributed by atoms with van der Waals surface area (Å²) >= 11 is 17.5. The highest BCUT2D eigenvalue weighted by Gasteiger charge is 2.06. The minimum atomic E-state index is 0.466. The Hall–Kier alpha value is -11.0. The SMILES string of the molecule is Cc1nc(CCC=O)co1.Cc1nc(CCC=O)cs1.Cc1ncc(CCC=O)[nH]1.Cn1cc(CCC=O)nc1Br.Cn1cnc(CCC=O)c1.O=CCCc1cn(-c2ccccc2)cn1.O=CCCc1cnc(Br)[nH]1.O=CCCc1cnc[nH]1.O=CCCc1coc(Br)n1.O=CCCc1cocn1.O=CCCc1csc(Br)n1.O=CCCc1cscn1. The summed E-state index contributed by atoms with van der Waals surface area (Å²) in [7, 11) is 3.82. The lowest BCUT2D eigenvalue weighted by Crippen LogP contribution is -1.89. The van der Waals surface area contributed by atoms with Gasteiger partial charge in [0.25, 0.3) is 4.80 Å². The highest BCUT2D eigenvalue weighted by molar-refractivity contribution is 9.11. The van der Waals surface area contributed by atoms with Gasteiger partial charge in [0.2, 0.25) is 0 Å². The molecular weight excluding hydrogens is 1900 g/mol. The Morgan fingerprint density at radius 3 is 1.33 bits per heavy atom. The summed E-state index contributed by atoms with van der Waals surface area (Å²) in [6, 6.07) is 9.99. The van der Waals surface area contributed by atoms with Gasteiger partial charge in [-0.3, -0.25) is 0 Å². The van der Waals surface area contributed by atoms with Crippen LogP contribution in [0.25, 0.3) is 5.69 Å². The molecule has 0 radical (unpaired) electrons. The lowest BCUT2D eigenvalue weighted by Gasteiger charge is -1.99. The molecule has 33 nitrogen and oxygen atoms in total. The Morgan fingerprint density at radius 1 is 0.415 bits per heavy atom. The molecule has 13 rings (SSSR count). The van der Waals surface area contributed by atoms with Gasteiger partial charge in [-0.1, -0.05) is 18.2 Å². The average Bonchev–Trinajstić information content (AvgIpc) is 1.75. The molecular formula is C83H100Br4N18O15S3. The highest BCUT2D eigenvalue weighted by Crippen LogP contribution is 2.17. The molecule has 0 fully saturated rings. The number of H-pyrrole nitrogens is 3. The molecule has 13 aromatic rings. The van der Waals surface area contributed by atoms with Gasteiger partial charge in [0.05, 0.1) is 80.7 Å². The Labute approximate surface area is 757 Å². The largest absolute Gasteiger partial charge is 0.451 e. The molecule has 0 aliphatic heterocycles. The molecule has 658 valence electrons. The fourth-order valence-corrected chi connectivity index (χ4v) is 12.3. The van der Waals surface area contributed by atoms with Gasteiger partial charge in [-0.05, 0) is 151 Å². The van der Waals surface area contributed by atoms with Crippen molar-refractivity contribution in [2.24, 2.45) is 14.1 Å². The van der Waals surface area contributed by atoms with Crippen LogP contribution in [0, 0.1) is 20.8 Å². The smallest absolute Gasteiger partial charge is 0.264 e. The van der Waals surface area contributed by atoms with Gasteiger partial charge >= 0.3 is 0 Å². The third kappa shape index (κ3) is 55.6. The average molecular weight is 2010 g/mol. The standard InChI is InChI=1S/C12H12N2O.C7H9BrN2O.2C7H10N2O.C7H9NO2.C7H9NOS.C6H7BrN2O.C6H6BrNO2.C6H6BrNOS.C6H8N2O.C6H7NO2.C6H7NOS/c15-8-4-5-11-9-14(10-13-11)12-6-2-1-3-7-12;1-10-5-6(3-2-4-11)9-7(10)8;1-9-5-7(8-6-9)3-2-4-10;1-6-8-5-7(9-6)3-2-4-10;2*1-6-8-7(5-10-6)3-2-4-9;7-6-8-4-5(9-6)2-1-3-10;2*7-6-8-5(4-10-6)2-1-3-9;9-3-1-2-6-4-7-5-8-6;2*8-3-1-2-6-4-9-5-7-6/h1-3,6-10H,4-5H2;4-5H,2-3H2,1H3;4-6H,2-3H2,1H3;4-5H,2-3H2,1H3,(H,8,9);2*4-5H,2-3H2,1H3;3-4H,1-2H2,(H,8,9);2*3-4H,1-2H2;3-5H,1-2H2,(H,7,8);2*3-5H,1-2H2. The third-order valence-corrected chi connectivity index (χ3v) is 19.2. The maximum absolute atomic E-state index is 10.2. The molecule has 0 aliphatic carbocycles. The molecule has 0 amide bonds. The van der Waals surface area contributed by atoms with Crippen LogP contribution in [-0.4, -0.2) is 164 Å². The normalized spacial score (nSPS) is 9.70. The van der Waals surface area contributed by atoms with E-state index in [1.807, 2.05) is 107 Å². The van der Waals surface area contributed by atoms with E-state index in [-0.39, 0.29) is 0 Å². The summed E-state index contributed by atoms with van der Waals surface area (Å²) in [5.74, 6) is 1.56. The van der Waals surface area contributed by atoms with E-state index in [2.05, 4.69) is 143 Å². The number of carbonyl (C=O) groups excluding carboxylic acids is 12. The number of imidazole rings is 6. The predicted molar refractivity (Wildman–Crippen MR) is 479 cm³/mol. The van der Waals surface area contributed by atoms with E-state index in [0.29, 0.717) is 118 Å². The van der Waals surface area contributed by atoms with Gasteiger partial charge in [0.1, 0.15) is 100 Å². The first-order valence-corrected chi connectivity index (χ1v) is 44.0. The van der Waals surface area contributed by atoms with Gasteiger partial charge in [-0.15, -0.1) is 34.0 Å². The van der Waals surface area contributed by atoms with Gasteiger partial charge in [-0.25, -0.2) is 59.8 Å². The minimum Gasteiger partial charge on any atom is -0.451 e. The highest BCUT2D eigenvalue weighted by atomic mass is 79.9. The maximum atomic E-state index is 10.2. The second-order valence-corrected chi connectivity index (χ2v) is 30.9. The molecule has 40 heteroatoms. The molecule has 123 heavy (non-hydrogen) atoms. The number of hydrogen-bond acceptors (Lipinski definition) is 30. The summed E-state index contributed by atoms with van der Waals surface area (Å²) < 4.78 is 22.6. The Bertz CT molecular complexity index is 4310. The maximum Gasteiger partial charge on any atom is 0.264 e. The van der Waals surface area contributed by atoms with Gasteiger partial charge in [0, 0.05) is 190 Å². The van der Waals surface area contributed by atoms with Crippen molar-refractivity contribution in [3.63, 3.8) is 0 Å². The van der Waals surface area contributed by atoms with Gasteiger partial charge in [-0.2, -0.15) is 0 Å². The molecule has 0 saturated heterocycles. The van der Waals surface area contributed by atoms with Crippen LogP contribution in [0.4, 0.5) is 0 Å². The number of aldehydes is 12. The number of thiazole rings is 3. The summed E-state index contributed by atoms with van der Waals surface area (Å²) in [4.78, 5) is 177. The number of nitrogens with zero attached hydrogens (tertiary/aromatic N) is 15. The number of aryl methyl sites for hydroxylation is 17. The number of aromatic amines is 3. The third-order valence-electron chi connectivity index (χ3n) is 14.8. The number of benzene rings is 1. The second-order valence-electron chi connectivity index (χ2n) is 24.8. The first kappa shape index (κ1) is 108. The minimum absolute atomic E-state index is 0.466. The van der Waals surface area contributed by atoms with E-state index in [4.69, 9.17) is 8.83 Å². The van der Waals surface area contributed by atoms with E-state index in [0.717, 1.165) is 220 Å². The number of hydrogen-bond donors (Lipinski definition) is 3. The van der Waals surface area contributed by atoms with Crippen molar-refractivity contribution < 1.29 is 70.8 Å².